The van der Waals surface area contributed by atoms with Gasteiger partial charge in [0.2, 0.25) is 5.91 Å². The summed E-state index contributed by atoms with van der Waals surface area (Å²) in [6, 6.07) is -1.27. The van der Waals surface area contributed by atoms with Crippen molar-refractivity contribution in [1.82, 2.24) is 5.32 Å². The van der Waals surface area contributed by atoms with Crippen molar-refractivity contribution < 1.29 is 45.0 Å². The summed E-state index contributed by atoms with van der Waals surface area (Å²) in [6.07, 6.45) is -4.78. The number of carboxylic acid groups (broad SMARTS) is 1. The first-order valence-electron chi connectivity index (χ1n) is 9.20. The number of carboxylic acids is 1. The molecule has 7 N–H and O–H groups in total. The van der Waals surface area contributed by atoms with Gasteiger partial charge in [-0.3, -0.25) is 4.79 Å². The van der Waals surface area contributed by atoms with Crippen LogP contribution in [0.2, 0.25) is 0 Å². The Bertz CT molecular complexity index is 497. The molecule has 1 aliphatic heterocycles. The van der Waals surface area contributed by atoms with Gasteiger partial charge in [0.15, 0.2) is 0 Å². The van der Waals surface area contributed by atoms with Crippen LogP contribution in [-0.4, -0.2) is 85.4 Å². The van der Waals surface area contributed by atoms with Crippen LogP contribution in [0, 0.1) is 5.92 Å². The first kappa shape index (κ1) is 23.7. The van der Waals surface area contributed by atoms with Crippen molar-refractivity contribution in [2.75, 3.05) is 6.61 Å². The van der Waals surface area contributed by atoms with Crippen LogP contribution in [0.15, 0.2) is 0 Å². The average molecular weight is 393 g/mol. The molecule has 10 nitrogen and oxygen atoms in total. The van der Waals surface area contributed by atoms with Crippen LogP contribution in [0.25, 0.3) is 0 Å². The lowest BCUT2D eigenvalue weighted by Gasteiger charge is -2.45. The summed E-state index contributed by atoms with van der Waals surface area (Å²) < 4.78 is 5.06. The summed E-state index contributed by atoms with van der Waals surface area (Å²) in [4.78, 5) is 23.9. The smallest absolute Gasteiger partial charge is 0.364 e. The van der Waals surface area contributed by atoms with Gasteiger partial charge in [-0.25, -0.2) is 4.79 Å². The Labute approximate surface area is 157 Å². The van der Waals surface area contributed by atoms with Crippen molar-refractivity contribution in [2.24, 2.45) is 5.92 Å². The van der Waals surface area contributed by atoms with Gasteiger partial charge in [0, 0.05) is 12.3 Å². The number of aliphatic hydroxyl groups excluding tert-OH is 4. The number of hydrogen-bond donors (Lipinski definition) is 7. The second-order valence-electron chi connectivity index (χ2n) is 6.99. The van der Waals surface area contributed by atoms with E-state index in [0.717, 1.165) is 12.8 Å². The number of hydrogen-bond acceptors (Lipinski definition) is 8. The van der Waals surface area contributed by atoms with Gasteiger partial charge < -0.3 is 40.7 Å². The van der Waals surface area contributed by atoms with Crippen molar-refractivity contribution in [2.45, 2.75) is 82.2 Å². The van der Waals surface area contributed by atoms with Gasteiger partial charge in [-0.2, -0.15) is 0 Å². The molecule has 6 atom stereocenters. The molecule has 0 aromatic carbocycles. The first-order valence-corrected chi connectivity index (χ1v) is 9.20. The van der Waals surface area contributed by atoms with Gasteiger partial charge >= 0.3 is 5.97 Å². The Hall–Kier alpha value is -1.30. The maximum Gasteiger partial charge on any atom is 0.364 e. The molecule has 1 aliphatic rings. The molecule has 0 bridgehead atoms. The van der Waals surface area contributed by atoms with E-state index in [2.05, 4.69) is 5.32 Å². The van der Waals surface area contributed by atoms with Gasteiger partial charge in [-0.05, 0) is 12.8 Å². The third-order valence-corrected chi connectivity index (χ3v) is 4.79. The molecular weight excluding hydrogens is 362 g/mol. The van der Waals surface area contributed by atoms with Crippen LogP contribution in [0.5, 0.6) is 0 Å². The van der Waals surface area contributed by atoms with Gasteiger partial charge in [-0.15, -0.1) is 0 Å². The molecule has 27 heavy (non-hydrogen) atoms. The maximum atomic E-state index is 12.6. The van der Waals surface area contributed by atoms with Crippen molar-refractivity contribution in [3.8, 4) is 0 Å². The second kappa shape index (κ2) is 10.3. The predicted molar refractivity (Wildman–Crippen MR) is 92.4 cm³/mol. The monoisotopic (exact) mass is 393 g/mol. The van der Waals surface area contributed by atoms with Gasteiger partial charge in [-0.1, -0.05) is 26.7 Å². The molecule has 0 unspecified atom stereocenters. The van der Waals surface area contributed by atoms with Crippen LogP contribution in [-0.2, 0) is 14.3 Å². The summed E-state index contributed by atoms with van der Waals surface area (Å²) in [5, 5.41) is 61.1. The molecular formula is C17H31NO9. The minimum atomic E-state index is -2.80. The molecule has 0 spiro atoms. The Kier molecular flexibility index (Phi) is 9.06. The number of aliphatic hydroxyl groups is 5. The summed E-state index contributed by atoms with van der Waals surface area (Å²) in [5.74, 6) is -5.32. The first-order chi connectivity index (χ1) is 12.6. The molecule has 1 amide bonds. The Morgan fingerprint density at radius 3 is 2.22 bits per heavy atom. The summed E-state index contributed by atoms with van der Waals surface area (Å²) in [7, 11) is 0. The van der Waals surface area contributed by atoms with E-state index in [1.54, 1.807) is 0 Å². The lowest BCUT2D eigenvalue weighted by atomic mass is 9.87. The van der Waals surface area contributed by atoms with Gasteiger partial charge in [0.1, 0.15) is 18.3 Å². The van der Waals surface area contributed by atoms with E-state index < -0.39 is 61.1 Å². The van der Waals surface area contributed by atoms with Crippen molar-refractivity contribution >= 4 is 11.9 Å². The highest BCUT2D eigenvalue weighted by Gasteiger charge is 2.54. The second-order valence-corrected chi connectivity index (χ2v) is 6.99. The maximum absolute atomic E-state index is 12.6. The minimum Gasteiger partial charge on any atom is -0.477 e. The normalized spacial score (nSPS) is 30.7. The standard InChI is InChI=1S/C17H31NO9/c1-3-5-9(6-4-2)15(23)18-12-10(20)7-17(26,16(24)25)27-14(12)13(22)11(21)8-19/h9-14,19-22,26H,3-8H2,1-2H3,(H,18,23)(H,24,25)/t10-,11+,12+,13+,14+,17-/m0/s1. The fraction of sp³-hybridized carbons (Fsp3) is 0.882. The van der Waals surface area contributed by atoms with E-state index in [9.17, 15) is 30.0 Å². The van der Waals surface area contributed by atoms with Crippen LogP contribution in [0.3, 0.4) is 0 Å². The number of amides is 1. The van der Waals surface area contributed by atoms with Crippen molar-refractivity contribution in [3.63, 3.8) is 0 Å². The van der Waals surface area contributed by atoms with E-state index in [-0.39, 0.29) is 5.92 Å². The molecule has 1 rings (SSSR count). The summed E-state index contributed by atoms with van der Waals surface area (Å²) >= 11 is 0. The Morgan fingerprint density at radius 2 is 1.78 bits per heavy atom. The summed E-state index contributed by atoms with van der Waals surface area (Å²) in [6.45, 7) is 2.98. The van der Waals surface area contributed by atoms with E-state index in [1.165, 1.54) is 0 Å². The highest BCUT2D eigenvalue weighted by atomic mass is 16.7. The lowest BCUT2D eigenvalue weighted by molar-refractivity contribution is -0.295. The largest absolute Gasteiger partial charge is 0.477 e. The fourth-order valence-electron chi connectivity index (χ4n) is 3.29. The number of ether oxygens (including phenoxy) is 1. The molecule has 0 aliphatic carbocycles. The molecule has 0 aromatic heterocycles. The molecule has 1 heterocycles. The van der Waals surface area contributed by atoms with Gasteiger partial charge in [0.05, 0.1) is 18.8 Å². The molecule has 0 aromatic rings. The highest BCUT2D eigenvalue weighted by molar-refractivity contribution is 5.79. The quantitative estimate of drug-likeness (QED) is 0.228. The highest BCUT2D eigenvalue weighted by Crippen LogP contribution is 2.31. The predicted octanol–water partition coefficient (Wildman–Crippen LogP) is -1.68. The van der Waals surface area contributed by atoms with Crippen molar-refractivity contribution in [3.05, 3.63) is 0 Å². The zero-order chi connectivity index (χ0) is 20.8. The molecule has 0 saturated carbocycles. The van der Waals surface area contributed by atoms with E-state index in [4.69, 9.17) is 14.9 Å². The average Bonchev–Trinajstić information content (AvgIpc) is 2.62. The summed E-state index contributed by atoms with van der Waals surface area (Å²) in [5.41, 5.74) is 0. The van der Waals surface area contributed by atoms with Crippen LogP contribution in [0.4, 0.5) is 0 Å². The molecule has 158 valence electrons. The number of aliphatic carboxylic acids is 1. The van der Waals surface area contributed by atoms with E-state index in [0.29, 0.717) is 12.8 Å². The lowest BCUT2D eigenvalue weighted by Crippen LogP contribution is -2.67. The minimum absolute atomic E-state index is 0.340. The molecule has 10 heteroatoms. The third kappa shape index (κ3) is 5.84. The fourth-order valence-corrected chi connectivity index (χ4v) is 3.29. The zero-order valence-electron chi connectivity index (χ0n) is 15.6. The SMILES string of the molecule is CCCC(CCC)C(=O)N[C@H]1[C@H]([C@H](O)[C@H](O)CO)O[C@](O)(C(=O)O)C[C@@H]1O. The number of rotatable bonds is 10. The van der Waals surface area contributed by atoms with E-state index in [1.807, 2.05) is 13.8 Å². The zero-order valence-corrected chi connectivity index (χ0v) is 15.6. The molecule has 0 radical (unpaired) electrons. The van der Waals surface area contributed by atoms with E-state index >= 15 is 0 Å². The number of nitrogens with one attached hydrogen (secondary N) is 1. The number of carbonyl (C=O) groups excluding carboxylic acids is 1. The van der Waals surface area contributed by atoms with Crippen LogP contribution in [0.1, 0.15) is 46.0 Å². The third-order valence-electron chi connectivity index (χ3n) is 4.79. The number of carbonyl (C=O) groups is 2. The Morgan fingerprint density at radius 1 is 1.22 bits per heavy atom. The molecule has 1 saturated heterocycles. The van der Waals surface area contributed by atoms with Crippen molar-refractivity contribution in [1.29, 1.82) is 0 Å². The van der Waals surface area contributed by atoms with Crippen LogP contribution < -0.4 is 5.32 Å². The topological polar surface area (TPSA) is 177 Å². The van der Waals surface area contributed by atoms with Gasteiger partial charge in [0.25, 0.3) is 5.79 Å². The molecule has 1 fully saturated rings. The van der Waals surface area contributed by atoms with Crippen LogP contribution >= 0.6 is 0 Å². The Balaban J connectivity index is 3.08.